The molecule has 0 aromatic heterocycles. The molecule has 0 amide bonds. The van der Waals surface area contributed by atoms with Gasteiger partial charge in [0.2, 0.25) is 0 Å². The van der Waals surface area contributed by atoms with Crippen molar-refractivity contribution in [2.45, 2.75) is 6.18 Å². The summed E-state index contributed by atoms with van der Waals surface area (Å²) in [7, 11) is 0. The first-order valence-electron chi connectivity index (χ1n) is 8.05. The van der Waals surface area contributed by atoms with Crippen LogP contribution in [0.2, 0.25) is 5.02 Å². The Hall–Kier alpha value is -2.05. The van der Waals surface area contributed by atoms with E-state index in [1.807, 2.05) is 0 Å². The van der Waals surface area contributed by atoms with Gasteiger partial charge >= 0.3 is 35.7 Å². The molecule has 2 N–H and O–H groups in total. The van der Waals surface area contributed by atoms with Crippen LogP contribution in [0.25, 0.3) is 0 Å². The molecule has 0 heterocycles. The summed E-state index contributed by atoms with van der Waals surface area (Å²) in [6, 6.07) is 6.27. The minimum Gasteiger partial charge on any atom is -0.549 e. The minimum atomic E-state index is -4.56. The number of ether oxygens (including phenoxy) is 1. The number of hydrogen-bond acceptors (Lipinski definition) is 7. The Morgan fingerprint density at radius 2 is 1.87 bits per heavy atom. The van der Waals surface area contributed by atoms with Crippen molar-refractivity contribution in [1.82, 2.24) is 5.32 Å². The van der Waals surface area contributed by atoms with Crippen LogP contribution in [0.4, 0.5) is 24.5 Å². The number of rotatable bonds is 9. The Labute approximate surface area is 195 Å². The number of anilines is 1. The number of nitro benzene ring substituents is 1. The monoisotopic (exact) mass is 455 g/mol. The van der Waals surface area contributed by atoms with E-state index >= 15 is 0 Å². The molecule has 0 saturated carbocycles. The molecule has 0 saturated heterocycles. The van der Waals surface area contributed by atoms with Gasteiger partial charge in [-0.15, -0.1) is 0 Å². The first-order valence-corrected chi connectivity index (χ1v) is 8.43. The maximum atomic E-state index is 12.7. The van der Waals surface area contributed by atoms with Crippen molar-refractivity contribution < 1.29 is 62.3 Å². The molecule has 8 nitrogen and oxygen atoms in total. The molecule has 0 spiro atoms. The third kappa shape index (κ3) is 7.65. The number of nitrogens with zero attached hydrogens (tertiary/aromatic N) is 1. The van der Waals surface area contributed by atoms with E-state index < -0.39 is 22.6 Å². The molecule has 0 radical (unpaired) electrons. The summed E-state index contributed by atoms with van der Waals surface area (Å²) in [4.78, 5) is 20.8. The number of nitrogens with one attached hydrogen (secondary N) is 2. The van der Waals surface area contributed by atoms with Gasteiger partial charge < -0.3 is 25.3 Å². The molecular weight excluding hydrogens is 442 g/mol. The summed E-state index contributed by atoms with van der Waals surface area (Å²) >= 11 is 5.84. The summed E-state index contributed by atoms with van der Waals surface area (Å²) in [5, 5.41) is 26.5. The van der Waals surface area contributed by atoms with Gasteiger partial charge in [-0.3, -0.25) is 10.1 Å². The van der Waals surface area contributed by atoms with Gasteiger partial charge in [0.05, 0.1) is 21.5 Å². The zero-order chi connectivity index (χ0) is 21.6. The maximum Gasteiger partial charge on any atom is 1.00 e. The number of benzene rings is 2. The Morgan fingerprint density at radius 1 is 1.17 bits per heavy atom. The number of hydrogen-bond donors (Lipinski definition) is 2. The number of carbonyl (C=O) groups is 1. The van der Waals surface area contributed by atoms with E-state index in [1.165, 1.54) is 12.1 Å². The van der Waals surface area contributed by atoms with Gasteiger partial charge in [-0.05, 0) is 24.3 Å². The van der Waals surface area contributed by atoms with Crippen molar-refractivity contribution in [3.05, 3.63) is 57.1 Å². The van der Waals surface area contributed by atoms with E-state index in [1.54, 1.807) is 0 Å². The SMILES string of the molecule is O=C([O-])CNCCNc1cc(Oc2ccc(C(F)(F)F)cc2Cl)ccc1[N+](=O)[O-].[Na+]. The molecule has 0 aliphatic carbocycles. The van der Waals surface area contributed by atoms with Crippen molar-refractivity contribution in [3.8, 4) is 11.5 Å². The van der Waals surface area contributed by atoms with E-state index in [-0.39, 0.29) is 77.1 Å². The van der Waals surface area contributed by atoms with Gasteiger partial charge in [0, 0.05) is 31.8 Å². The van der Waals surface area contributed by atoms with Gasteiger partial charge in [0.25, 0.3) is 5.69 Å². The van der Waals surface area contributed by atoms with Crippen LogP contribution in [-0.2, 0) is 11.0 Å². The van der Waals surface area contributed by atoms with Crippen LogP contribution in [0.5, 0.6) is 11.5 Å². The summed E-state index contributed by atoms with van der Waals surface area (Å²) in [5.74, 6) is -1.25. The second kappa shape index (κ2) is 11.4. The van der Waals surface area contributed by atoms with Crippen LogP contribution in [-0.4, -0.2) is 30.5 Å². The molecule has 0 aliphatic rings. The zero-order valence-corrected chi connectivity index (χ0v) is 18.3. The minimum absolute atomic E-state index is 0. The molecule has 0 fully saturated rings. The average Bonchev–Trinajstić information content (AvgIpc) is 2.62. The fourth-order valence-corrected chi connectivity index (χ4v) is 2.46. The molecule has 30 heavy (non-hydrogen) atoms. The number of carboxylic acid groups (broad SMARTS) is 1. The molecule has 0 aliphatic heterocycles. The molecule has 2 aromatic carbocycles. The van der Waals surface area contributed by atoms with Gasteiger partial charge in [0.15, 0.2) is 0 Å². The number of alkyl halides is 3. The average molecular weight is 456 g/mol. The van der Waals surface area contributed by atoms with Gasteiger partial charge in [0.1, 0.15) is 17.2 Å². The molecule has 0 unspecified atom stereocenters. The van der Waals surface area contributed by atoms with Gasteiger partial charge in [-0.2, -0.15) is 13.2 Å². The van der Waals surface area contributed by atoms with Gasteiger partial charge in [-0.25, -0.2) is 0 Å². The van der Waals surface area contributed by atoms with Crippen LogP contribution in [0, 0.1) is 10.1 Å². The predicted molar refractivity (Wildman–Crippen MR) is 96.0 cm³/mol. The van der Waals surface area contributed by atoms with Crippen LogP contribution in [0.1, 0.15) is 5.56 Å². The van der Waals surface area contributed by atoms with Crippen LogP contribution in [0.15, 0.2) is 36.4 Å². The Morgan fingerprint density at radius 3 is 2.43 bits per heavy atom. The molecule has 2 aromatic rings. The summed E-state index contributed by atoms with van der Waals surface area (Å²) in [6.45, 7) is -0.0428. The fourth-order valence-electron chi connectivity index (χ4n) is 2.24. The number of carboxylic acids is 1. The van der Waals surface area contributed by atoms with Crippen molar-refractivity contribution >= 4 is 28.9 Å². The summed E-state index contributed by atoms with van der Waals surface area (Å²) in [5.41, 5.74) is -1.13. The van der Waals surface area contributed by atoms with Gasteiger partial charge in [-0.1, -0.05) is 11.6 Å². The molecule has 0 bridgehead atoms. The second-order valence-corrected chi connectivity index (χ2v) is 6.06. The number of nitro groups is 1. The molecule has 0 atom stereocenters. The molecule has 13 heteroatoms. The zero-order valence-electron chi connectivity index (χ0n) is 15.6. The normalized spacial score (nSPS) is 10.8. The number of aliphatic carboxylic acids is 1. The van der Waals surface area contributed by atoms with Crippen molar-refractivity contribution in [2.24, 2.45) is 0 Å². The van der Waals surface area contributed by atoms with E-state index in [4.69, 9.17) is 16.3 Å². The Kier molecular flexibility index (Phi) is 9.85. The fraction of sp³-hybridized carbons (Fsp3) is 0.235. The van der Waals surface area contributed by atoms with Crippen LogP contribution >= 0.6 is 11.6 Å². The van der Waals surface area contributed by atoms with E-state index in [2.05, 4.69) is 10.6 Å². The quantitative estimate of drug-likeness (QED) is 0.233. The van der Waals surface area contributed by atoms with Crippen LogP contribution < -0.4 is 50.0 Å². The third-order valence-electron chi connectivity index (χ3n) is 3.54. The van der Waals surface area contributed by atoms with E-state index in [9.17, 15) is 33.2 Å². The van der Waals surface area contributed by atoms with E-state index in [0.717, 1.165) is 18.2 Å². The Balaban J connectivity index is 0.00000450. The Bertz CT molecular complexity index is 915. The first-order chi connectivity index (χ1) is 13.6. The van der Waals surface area contributed by atoms with Crippen molar-refractivity contribution in [1.29, 1.82) is 0 Å². The number of carbonyl (C=O) groups excluding carboxylic acids is 1. The first kappa shape index (κ1) is 26.0. The topological polar surface area (TPSA) is 117 Å². The second-order valence-electron chi connectivity index (χ2n) is 5.66. The summed E-state index contributed by atoms with van der Waals surface area (Å²) in [6.07, 6.45) is -4.56. The summed E-state index contributed by atoms with van der Waals surface area (Å²) < 4.78 is 43.6. The van der Waals surface area contributed by atoms with Crippen LogP contribution in [0.3, 0.4) is 0 Å². The van der Waals surface area contributed by atoms with E-state index in [0.29, 0.717) is 6.07 Å². The third-order valence-corrected chi connectivity index (χ3v) is 3.83. The van der Waals surface area contributed by atoms with Crippen molar-refractivity contribution in [3.63, 3.8) is 0 Å². The number of halogens is 4. The predicted octanol–water partition coefficient (Wildman–Crippen LogP) is -0.185. The molecular formula is C17H14ClF3N3NaO5. The maximum absolute atomic E-state index is 12.7. The smallest absolute Gasteiger partial charge is 0.549 e. The molecule has 2 rings (SSSR count). The van der Waals surface area contributed by atoms with Crippen molar-refractivity contribution in [2.75, 3.05) is 25.0 Å². The largest absolute Gasteiger partial charge is 1.00 e. The standard InChI is InChI=1S/C17H15ClF3N3O5.Na/c18-12-7-10(17(19,20)21)1-4-15(12)29-11-2-3-14(24(27)28)13(8-11)23-6-5-22-9-16(25)26;/h1-4,7-8,22-23H,5-6,9H2,(H,25,26);/q;+1/p-1. The molecule has 156 valence electrons.